The highest BCUT2D eigenvalue weighted by Gasteiger charge is 2.16. The van der Waals surface area contributed by atoms with Crippen LogP contribution in [0.3, 0.4) is 0 Å². The van der Waals surface area contributed by atoms with Gasteiger partial charge in [-0.25, -0.2) is 4.39 Å². The molecule has 0 radical (unpaired) electrons. The summed E-state index contributed by atoms with van der Waals surface area (Å²) in [6.07, 6.45) is -0.242. The number of amides is 1. The van der Waals surface area contributed by atoms with Crippen molar-refractivity contribution in [3.63, 3.8) is 0 Å². The molecule has 112 valence electrons. The molecule has 7 heteroatoms. The Labute approximate surface area is 139 Å². The van der Waals surface area contributed by atoms with Crippen LogP contribution >= 0.6 is 27.5 Å². The van der Waals surface area contributed by atoms with Gasteiger partial charge >= 0.3 is 0 Å². The molecule has 2 aromatic rings. The fraction of sp³-hybridized carbons (Fsp3) is 0.0667. The lowest BCUT2D eigenvalue weighted by atomic mass is 10.1. The van der Waals surface area contributed by atoms with Crippen molar-refractivity contribution in [2.24, 2.45) is 5.73 Å². The van der Waals surface area contributed by atoms with Crippen LogP contribution in [-0.4, -0.2) is 5.91 Å². The van der Waals surface area contributed by atoms with Gasteiger partial charge in [0.15, 0.2) is 11.6 Å². The molecular formula is C15H9BrClFN2O2. The minimum atomic E-state index is -0.702. The molecule has 0 saturated heterocycles. The van der Waals surface area contributed by atoms with Gasteiger partial charge in [-0.15, -0.1) is 0 Å². The quantitative estimate of drug-likeness (QED) is 0.869. The van der Waals surface area contributed by atoms with E-state index in [1.165, 1.54) is 24.3 Å². The fourth-order valence-electron chi connectivity index (χ4n) is 1.80. The van der Waals surface area contributed by atoms with E-state index in [0.29, 0.717) is 9.50 Å². The zero-order valence-corrected chi connectivity index (χ0v) is 13.4. The Morgan fingerprint density at radius 2 is 2.14 bits per heavy atom. The second kappa shape index (κ2) is 6.77. The van der Waals surface area contributed by atoms with Gasteiger partial charge in [-0.3, -0.25) is 4.79 Å². The Balaban J connectivity index is 2.43. The Morgan fingerprint density at radius 3 is 2.77 bits per heavy atom. The molecule has 0 heterocycles. The summed E-state index contributed by atoms with van der Waals surface area (Å²) in [6, 6.07) is 9.26. The Hall–Kier alpha value is -2.10. The molecular weight excluding hydrogens is 375 g/mol. The molecule has 2 aromatic carbocycles. The molecule has 0 aliphatic carbocycles. The van der Waals surface area contributed by atoms with E-state index in [0.717, 1.165) is 0 Å². The third-order valence-corrected chi connectivity index (χ3v) is 3.56. The van der Waals surface area contributed by atoms with Crippen molar-refractivity contribution in [2.75, 3.05) is 0 Å². The van der Waals surface area contributed by atoms with Crippen molar-refractivity contribution in [3.05, 3.63) is 56.8 Å². The van der Waals surface area contributed by atoms with E-state index < -0.39 is 11.7 Å². The van der Waals surface area contributed by atoms with E-state index in [4.69, 9.17) is 27.3 Å². The fourth-order valence-corrected chi connectivity index (χ4v) is 2.41. The first-order chi connectivity index (χ1) is 10.4. The van der Waals surface area contributed by atoms with Gasteiger partial charge in [-0.05, 0) is 40.2 Å². The van der Waals surface area contributed by atoms with Crippen LogP contribution in [0.5, 0.6) is 11.5 Å². The normalized spacial score (nSPS) is 10.1. The second-order valence-corrected chi connectivity index (χ2v) is 5.67. The number of nitrogens with zero attached hydrogens (tertiary/aromatic N) is 1. The number of halogens is 3. The van der Waals surface area contributed by atoms with Crippen LogP contribution in [0.4, 0.5) is 4.39 Å². The summed E-state index contributed by atoms with van der Waals surface area (Å²) in [4.78, 5) is 11.0. The Morgan fingerprint density at radius 1 is 1.41 bits per heavy atom. The highest BCUT2D eigenvalue weighted by atomic mass is 79.9. The SMILES string of the molecule is N#Cc1cc(Cl)cc(Oc2c(Br)ccc(CC(N)=O)c2F)c1. The van der Waals surface area contributed by atoms with Gasteiger partial charge in [0.05, 0.1) is 22.5 Å². The number of hydrogen-bond acceptors (Lipinski definition) is 3. The van der Waals surface area contributed by atoms with Gasteiger partial charge in [0.2, 0.25) is 5.91 Å². The second-order valence-electron chi connectivity index (χ2n) is 4.38. The van der Waals surface area contributed by atoms with E-state index in [9.17, 15) is 9.18 Å². The van der Waals surface area contributed by atoms with Crippen molar-refractivity contribution < 1.29 is 13.9 Å². The van der Waals surface area contributed by atoms with Crippen molar-refractivity contribution >= 4 is 33.4 Å². The van der Waals surface area contributed by atoms with Crippen molar-refractivity contribution in [2.45, 2.75) is 6.42 Å². The molecule has 0 saturated carbocycles. The molecule has 0 bridgehead atoms. The largest absolute Gasteiger partial charge is 0.453 e. The number of benzene rings is 2. The summed E-state index contributed by atoms with van der Waals surface area (Å²) in [6.45, 7) is 0. The van der Waals surface area contributed by atoms with Gasteiger partial charge < -0.3 is 10.5 Å². The average Bonchev–Trinajstić information content (AvgIpc) is 2.45. The molecule has 2 N–H and O–H groups in total. The summed E-state index contributed by atoms with van der Waals surface area (Å²) in [5, 5.41) is 9.20. The first kappa shape index (κ1) is 16.3. The number of rotatable bonds is 4. The number of hydrogen-bond donors (Lipinski definition) is 1. The molecule has 0 spiro atoms. The summed E-state index contributed by atoms with van der Waals surface area (Å²) >= 11 is 9.06. The summed E-state index contributed by atoms with van der Waals surface area (Å²) in [5.74, 6) is -1.25. The van der Waals surface area contributed by atoms with Crippen LogP contribution in [-0.2, 0) is 11.2 Å². The third kappa shape index (κ3) is 3.75. The molecule has 0 aliphatic heterocycles. The van der Waals surface area contributed by atoms with E-state index in [1.54, 1.807) is 6.07 Å². The number of primary amides is 1. The minimum absolute atomic E-state index is 0.107. The van der Waals surface area contributed by atoms with Gasteiger partial charge in [0.1, 0.15) is 5.75 Å². The number of carbonyl (C=O) groups excluding carboxylic acids is 1. The molecule has 1 amide bonds. The molecule has 0 aliphatic rings. The number of nitriles is 1. The van der Waals surface area contributed by atoms with Crippen LogP contribution in [0.1, 0.15) is 11.1 Å². The monoisotopic (exact) mass is 382 g/mol. The lowest BCUT2D eigenvalue weighted by molar-refractivity contribution is -0.117. The van der Waals surface area contributed by atoms with Crippen LogP contribution < -0.4 is 10.5 Å². The number of carbonyl (C=O) groups is 1. The zero-order chi connectivity index (χ0) is 16.3. The van der Waals surface area contributed by atoms with E-state index in [-0.39, 0.29) is 29.0 Å². The van der Waals surface area contributed by atoms with E-state index in [1.807, 2.05) is 6.07 Å². The summed E-state index contributed by atoms with van der Waals surface area (Å²) < 4.78 is 20.2. The maximum atomic E-state index is 14.4. The van der Waals surface area contributed by atoms with Gasteiger partial charge in [-0.1, -0.05) is 17.7 Å². The molecule has 0 atom stereocenters. The lowest BCUT2D eigenvalue weighted by Gasteiger charge is -2.12. The van der Waals surface area contributed by atoms with Gasteiger partial charge in [-0.2, -0.15) is 5.26 Å². The van der Waals surface area contributed by atoms with Crippen LogP contribution in [0.2, 0.25) is 5.02 Å². The Kier molecular flexibility index (Phi) is 5.01. The predicted molar refractivity (Wildman–Crippen MR) is 83.2 cm³/mol. The highest BCUT2D eigenvalue weighted by Crippen LogP contribution is 2.35. The number of nitrogens with two attached hydrogens (primary N) is 1. The van der Waals surface area contributed by atoms with E-state index >= 15 is 0 Å². The topological polar surface area (TPSA) is 76.1 Å². The molecule has 2 rings (SSSR count). The molecule has 4 nitrogen and oxygen atoms in total. The zero-order valence-electron chi connectivity index (χ0n) is 11.1. The van der Waals surface area contributed by atoms with Crippen LogP contribution in [0.25, 0.3) is 0 Å². The molecule has 22 heavy (non-hydrogen) atoms. The Bertz CT molecular complexity index is 790. The van der Waals surface area contributed by atoms with Gasteiger partial charge in [0.25, 0.3) is 0 Å². The first-order valence-electron chi connectivity index (χ1n) is 6.04. The van der Waals surface area contributed by atoms with E-state index in [2.05, 4.69) is 15.9 Å². The minimum Gasteiger partial charge on any atom is -0.453 e. The van der Waals surface area contributed by atoms with Crippen LogP contribution in [0.15, 0.2) is 34.8 Å². The molecule has 0 fully saturated rings. The summed E-state index contributed by atoms with van der Waals surface area (Å²) in [5.41, 5.74) is 5.48. The maximum absolute atomic E-state index is 14.4. The third-order valence-electron chi connectivity index (χ3n) is 2.71. The first-order valence-corrected chi connectivity index (χ1v) is 7.21. The van der Waals surface area contributed by atoms with Crippen LogP contribution in [0, 0.1) is 17.1 Å². The molecule has 0 aromatic heterocycles. The van der Waals surface area contributed by atoms with Crippen molar-refractivity contribution in [1.29, 1.82) is 5.26 Å². The average molecular weight is 384 g/mol. The molecule has 0 unspecified atom stereocenters. The lowest BCUT2D eigenvalue weighted by Crippen LogP contribution is -2.14. The van der Waals surface area contributed by atoms with Crippen molar-refractivity contribution in [3.8, 4) is 17.6 Å². The smallest absolute Gasteiger partial charge is 0.221 e. The number of ether oxygens (including phenoxy) is 1. The van der Waals surface area contributed by atoms with Gasteiger partial charge in [0, 0.05) is 10.6 Å². The summed E-state index contributed by atoms with van der Waals surface area (Å²) in [7, 11) is 0. The maximum Gasteiger partial charge on any atom is 0.221 e. The predicted octanol–water partition coefficient (Wildman–Crippen LogP) is 3.93. The highest BCUT2D eigenvalue weighted by molar-refractivity contribution is 9.10. The van der Waals surface area contributed by atoms with Crippen molar-refractivity contribution in [1.82, 2.24) is 0 Å². The standard InChI is InChI=1S/C15H9BrClFN2O2/c16-12-2-1-9(5-13(20)21)14(18)15(12)22-11-4-8(7-19)3-10(17)6-11/h1-4,6H,5H2,(H2,20,21).